The summed E-state index contributed by atoms with van der Waals surface area (Å²) < 4.78 is 10.5. The second-order valence-corrected chi connectivity index (χ2v) is 4.94. The number of rotatable bonds is 8. The van der Waals surface area contributed by atoms with Crippen LogP contribution in [0, 0.1) is 5.92 Å². The fraction of sp³-hybridized carbons (Fsp3) is 0.533. The molecule has 0 radical (unpaired) electrons. The quantitative estimate of drug-likeness (QED) is 0.331. The van der Waals surface area contributed by atoms with Crippen molar-refractivity contribution in [2.45, 2.75) is 20.4 Å². The van der Waals surface area contributed by atoms with Gasteiger partial charge < -0.3 is 20.4 Å². The molecule has 0 saturated heterocycles. The zero-order valence-electron chi connectivity index (χ0n) is 13.2. The summed E-state index contributed by atoms with van der Waals surface area (Å²) in [5, 5.41) is 11.8. The van der Waals surface area contributed by atoms with Crippen molar-refractivity contribution in [2.75, 3.05) is 27.3 Å². The maximum Gasteiger partial charge on any atom is 0.161 e. The van der Waals surface area contributed by atoms with Gasteiger partial charge in [-0.25, -0.2) is 0 Å². The standard InChI is InChI=1S/C15H25N3O3/c1-5-18(9-11(2)15(16)17-19)10-12-6-7-13(20-3)14(8-12)21-4/h6-8,11,19H,5,9-10H2,1-4H3,(H2,16,17). The Kier molecular flexibility index (Phi) is 6.81. The molecule has 0 amide bonds. The van der Waals surface area contributed by atoms with Crippen molar-refractivity contribution >= 4 is 5.84 Å². The number of nitrogens with two attached hydrogens (primary N) is 1. The molecule has 6 heteroatoms. The van der Waals surface area contributed by atoms with Crippen LogP contribution in [-0.4, -0.2) is 43.3 Å². The van der Waals surface area contributed by atoms with Crippen molar-refractivity contribution in [1.82, 2.24) is 4.90 Å². The molecule has 0 aliphatic rings. The van der Waals surface area contributed by atoms with Crippen LogP contribution < -0.4 is 15.2 Å². The molecule has 0 aliphatic heterocycles. The van der Waals surface area contributed by atoms with Gasteiger partial charge in [-0.2, -0.15) is 0 Å². The molecule has 0 fully saturated rings. The van der Waals surface area contributed by atoms with Gasteiger partial charge in [0.25, 0.3) is 0 Å². The minimum Gasteiger partial charge on any atom is -0.493 e. The zero-order valence-corrected chi connectivity index (χ0v) is 13.2. The molecule has 0 aromatic heterocycles. The molecule has 21 heavy (non-hydrogen) atoms. The molecule has 0 saturated carbocycles. The third-order valence-electron chi connectivity index (χ3n) is 3.45. The first-order valence-corrected chi connectivity index (χ1v) is 6.96. The number of amidine groups is 1. The largest absolute Gasteiger partial charge is 0.493 e. The summed E-state index contributed by atoms with van der Waals surface area (Å²) in [7, 11) is 3.24. The third kappa shape index (κ3) is 4.82. The van der Waals surface area contributed by atoms with E-state index in [4.69, 9.17) is 20.4 Å². The minimum absolute atomic E-state index is 0.00454. The van der Waals surface area contributed by atoms with Crippen molar-refractivity contribution in [2.24, 2.45) is 16.8 Å². The van der Waals surface area contributed by atoms with Gasteiger partial charge in [0.05, 0.1) is 14.2 Å². The van der Waals surface area contributed by atoms with Crippen molar-refractivity contribution < 1.29 is 14.7 Å². The maximum atomic E-state index is 8.72. The van der Waals surface area contributed by atoms with Crippen LogP contribution in [0.5, 0.6) is 11.5 Å². The van der Waals surface area contributed by atoms with Gasteiger partial charge in [0.1, 0.15) is 5.84 Å². The summed E-state index contributed by atoms with van der Waals surface area (Å²) in [6.07, 6.45) is 0. The highest BCUT2D eigenvalue weighted by molar-refractivity contribution is 5.82. The number of ether oxygens (including phenoxy) is 2. The van der Waals surface area contributed by atoms with Crippen molar-refractivity contribution in [1.29, 1.82) is 0 Å². The van der Waals surface area contributed by atoms with E-state index in [1.54, 1.807) is 14.2 Å². The summed E-state index contributed by atoms with van der Waals surface area (Å²) >= 11 is 0. The second-order valence-electron chi connectivity index (χ2n) is 4.94. The lowest BCUT2D eigenvalue weighted by atomic mass is 10.1. The molecular formula is C15H25N3O3. The van der Waals surface area contributed by atoms with Gasteiger partial charge >= 0.3 is 0 Å². The lowest BCUT2D eigenvalue weighted by molar-refractivity contribution is 0.257. The lowest BCUT2D eigenvalue weighted by Gasteiger charge is -2.24. The smallest absolute Gasteiger partial charge is 0.161 e. The Morgan fingerprint density at radius 1 is 1.33 bits per heavy atom. The predicted octanol–water partition coefficient (Wildman–Crippen LogP) is 1.91. The van der Waals surface area contributed by atoms with Gasteiger partial charge in [-0.3, -0.25) is 4.90 Å². The Bertz CT molecular complexity index is 477. The van der Waals surface area contributed by atoms with Crippen LogP contribution in [0.25, 0.3) is 0 Å². The normalized spacial score (nSPS) is 13.3. The highest BCUT2D eigenvalue weighted by Crippen LogP contribution is 2.28. The van der Waals surface area contributed by atoms with E-state index in [2.05, 4.69) is 17.0 Å². The Hall–Kier alpha value is -1.95. The van der Waals surface area contributed by atoms with Crippen molar-refractivity contribution in [3.05, 3.63) is 23.8 Å². The molecule has 1 unspecified atom stereocenters. The van der Waals surface area contributed by atoms with Gasteiger partial charge in [-0.05, 0) is 24.2 Å². The van der Waals surface area contributed by atoms with E-state index in [9.17, 15) is 0 Å². The molecule has 0 bridgehead atoms. The predicted molar refractivity (Wildman–Crippen MR) is 83.1 cm³/mol. The summed E-state index contributed by atoms with van der Waals surface area (Å²) in [5.74, 6) is 1.68. The van der Waals surface area contributed by atoms with Crippen molar-refractivity contribution in [3.8, 4) is 11.5 Å². The topological polar surface area (TPSA) is 80.3 Å². The third-order valence-corrected chi connectivity index (χ3v) is 3.45. The molecule has 118 valence electrons. The maximum absolute atomic E-state index is 8.72. The number of oxime groups is 1. The van der Waals surface area contributed by atoms with Crippen LogP contribution >= 0.6 is 0 Å². The monoisotopic (exact) mass is 295 g/mol. The zero-order chi connectivity index (χ0) is 15.8. The van der Waals surface area contributed by atoms with Crippen LogP contribution in [0.2, 0.25) is 0 Å². The Labute approximate surface area is 126 Å². The van der Waals surface area contributed by atoms with Crippen molar-refractivity contribution in [3.63, 3.8) is 0 Å². The van der Waals surface area contributed by atoms with Crippen LogP contribution in [0.4, 0.5) is 0 Å². The SMILES string of the molecule is CCN(Cc1ccc(OC)c(OC)c1)CC(C)C(N)=NO. The minimum atomic E-state index is -0.00454. The molecule has 0 heterocycles. The summed E-state index contributed by atoms with van der Waals surface area (Å²) in [4.78, 5) is 2.23. The lowest BCUT2D eigenvalue weighted by Crippen LogP contribution is -2.34. The fourth-order valence-corrected chi connectivity index (χ4v) is 2.12. The molecule has 0 aliphatic carbocycles. The van der Waals surface area contributed by atoms with E-state index in [-0.39, 0.29) is 11.8 Å². The van der Waals surface area contributed by atoms with E-state index in [1.807, 2.05) is 25.1 Å². The van der Waals surface area contributed by atoms with Crippen LogP contribution in [-0.2, 0) is 6.54 Å². The van der Waals surface area contributed by atoms with Gasteiger partial charge in [0.2, 0.25) is 0 Å². The molecule has 3 N–H and O–H groups in total. The Morgan fingerprint density at radius 2 is 2.00 bits per heavy atom. The van der Waals surface area contributed by atoms with E-state index in [0.717, 1.165) is 30.9 Å². The van der Waals surface area contributed by atoms with Gasteiger partial charge in [0.15, 0.2) is 11.5 Å². The average Bonchev–Trinajstić information content (AvgIpc) is 2.52. The highest BCUT2D eigenvalue weighted by Gasteiger charge is 2.14. The summed E-state index contributed by atoms with van der Waals surface area (Å²) in [6, 6.07) is 5.88. The first-order chi connectivity index (χ1) is 10.0. The molecule has 1 aromatic carbocycles. The molecule has 6 nitrogen and oxygen atoms in total. The molecule has 1 aromatic rings. The number of benzene rings is 1. The number of nitrogens with zero attached hydrogens (tertiary/aromatic N) is 2. The first kappa shape index (κ1) is 17.1. The van der Waals surface area contributed by atoms with E-state index in [1.165, 1.54) is 0 Å². The molecule has 0 spiro atoms. The van der Waals surface area contributed by atoms with Gasteiger partial charge in [0, 0.05) is 19.0 Å². The summed E-state index contributed by atoms with van der Waals surface area (Å²) in [6.45, 7) is 6.38. The molecular weight excluding hydrogens is 270 g/mol. The fourth-order valence-electron chi connectivity index (χ4n) is 2.12. The van der Waals surface area contributed by atoms with E-state index < -0.39 is 0 Å². The molecule has 1 atom stereocenters. The second kappa shape index (κ2) is 8.36. The molecule has 1 rings (SSSR count). The number of hydrogen-bond donors (Lipinski definition) is 2. The Balaban J connectivity index is 2.77. The number of hydrogen-bond acceptors (Lipinski definition) is 5. The number of methoxy groups -OCH3 is 2. The van der Waals surface area contributed by atoms with E-state index in [0.29, 0.717) is 5.75 Å². The highest BCUT2D eigenvalue weighted by atomic mass is 16.5. The first-order valence-electron chi connectivity index (χ1n) is 6.96. The Morgan fingerprint density at radius 3 is 2.52 bits per heavy atom. The van der Waals surface area contributed by atoms with E-state index >= 15 is 0 Å². The average molecular weight is 295 g/mol. The van der Waals surface area contributed by atoms with Gasteiger partial charge in [-0.15, -0.1) is 0 Å². The summed E-state index contributed by atoms with van der Waals surface area (Å²) in [5.41, 5.74) is 6.76. The van der Waals surface area contributed by atoms with Crippen LogP contribution in [0.1, 0.15) is 19.4 Å². The van der Waals surface area contributed by atoms with Gasteiger partial charge in [-0.1, -0.05) is 25.1 Å². The van der Waals surface area contributed by atoms with Crippen LogP contribution in [0.15, 0.2) is 23.4 Å². The van der Waals surface area contributed by atoms with Crippen LogP contribution in [0.3, 0.4) is 0 Å².